The van der Waals surface area contributed by atoms with E-state index in [1.807, 2.05) is 46.4 Å². The van der Waals surface area contributed by atoms with Gasteiger partial charge in [-0.05, 0) is 12.1 Å². The molecule has 0 fully saturated rings. The molecule has 1 aliphatic rings. The summed E-state index contributed by atoms with van der Waals surface area (Å²) >= 11 is 1.55. The number of aromatic nitrogens is 2. The number of carbonyl (C=O) groups is 2. The van der Waals surface area contributed by atoms with Crippen molar-refractivity contribution in [2.24, 2.45) is 0 Å². The molecule has 8 heteroatoms. The molecule has 0 radical (unpaired) electrons. The number of hydrogen-bond acceptors (Lipinski definition) is 5. The van der Waals surface area contributed by atoms with Crippen LogP contribution in [0.5, 0.6) is 5.75 Å². The summed E-state index contributed by atoms with van der Waals surface area (Å²) in [5.74, 6) is 0.412. The minimum atomic E-state index is -0.138. The van der Waals surface area contributed by atoms with Gasteiger partial charge in [-0.2, -0.15) is 0 Å². The largest absolute Gasteiger partial charge is 0.482 e. The van der Waals surface area contributed by atoms with Crippen molar-refractivity contribution in [1.82, 2.24) is 14.7 Å². The van der Waals surface area contributed by atoms with Crippen LogP contribution in [0.15, 0.2) is 42.0 Å². The Bertz CT molecular complexity index is 904. The van der Waals surface area contributed by atoms with Crippen LogP contribution in [-0.4, -0.2) is 34.4 Å². The molecule has 3 heterocycles. The maximum atomic E-state index is 12.1. The fourth-order valence-electron chi connectivity index (χ4n) is 2.75. The van der Waals surface area contributed by atoms with Gasteiger partial charge < -0.3 is 15.0 Å². The summed E-state index contributed by atoms with van der Waals surface area (Å²) in [5.41, 5.74) is 1.52. The lowest BCUT2D eigenvalue weighted by atomic mass is 10.2. The SMILES string of the molecule is O=C(CCN1C(=O)COc2ccccc21)NCc1cn2ccsc2n1. The molecule has 0 saturated heterocycles. The van der Waals surface area contributed by atoms with Crippen LogP contribution < -0.4 is 15.0 Å². The van der Waals surface area contributed by atoms with Gasteiger partial charge in [0.25, 0.3) is 5.91 Å². The third-order valence-electron chi connectivity index (χ3n) is 3.98. The third kappa shape index (κ3) is 3.20. The van der Waals surface area contributed by atoms with Gasteiger partial charge in [0.15, 0.2) is 11.6 Å². The quantitative estimate of drug-likeness (QED) is 0.757. The average Bonchev–Trinajstić information content (AvgIpc) is 3.20. The molecular weight excluding hydrogens is 340 g/mol. The predicted octanol–water partition coefficient (Wildman–Crippen LogP) is 1.83. The summed E-state index contributed by atoms with van der Waals surface area (Å²) in [6.07, 6.45) is 4.05. The number of para-hydroxylation sites is 2. The molecule has 0 unspecified atom stereocenters. The number of nitrogens with zero attached hydrogens (tertiary/aromatic N) is 3. The Morgan fingerprint density at radius 1 is 1.36 bits per heavy atom. The predicted molar refractivity (Wildman–Crippen MR) is 93.8 cm³/mol. The topological polar surface area (TPSA) is 75.9 Å². The number of amides is 2. The molecule has 0 atom stereocenters. The molecule has 0 saturated carbocycles. The molecule has 2 aromatic heterocycles. The van der Waals surface area contributed by atoms with Crippen LogP contribution in [-0.2, 0) is 16.1 Å². The van der Waals surface area contributed by atoms with E-state index in [0.29, 0.717) is 24.5 Å². The van der Waals surface area contributed by atoms with Crippen LogP contribution in [0.3, 0.4) is 0 Å². The van der Waals surface area contributed by atoms with E-state index in [-0.39, 0.29) is 24.8 Å². The summed E-state index contributed by atoms with van der Waals surface area (Å²) < 4.78 is 7.32. The number of carbonyl (C=O) groups excluding carboxylic acids is 2. The average molecular weight is 356 g/mol. The van der Waals surface area contributed by atoms with E-state index in [9.17, 15) is 9.59 Å². The van der Waals surface area contributed by atoms with Crippen molar-refractivity contribution in [3.05, 3.63) is 47.7 Å². The van der Waals surface area contributed by atoms with Crippen molar-refractivity contribution >= 4 is 33.8 Å². The summed E-state index contributed by atoms with van der Waals surface area (Å²) in [6.45, 7) is 0.703. The molecule has 25 heavy (non-hydrogen) atoms. The first-order chi connectivity index (χ1) is 12.2. The second-order valence-corrected chi connectivity index (χ2v) is 6.53. The third-order valence-corrected chi connectivity index (χ3v) is 4.75. The standard InChI is InChI=1S/C17H16N4O3S/c22-15(18-9-12-10-20-7-8-25-17(20)19-12)5-6-21-13-3-1-2-4-14(13)24-11-16(21)23/h1-4,7-8,10H,5-6,9,11H2,(H,18,22). The fourth-order valence-corrected chi connectivity index (χ4v) is 3.47. The molecule has 1 aromatic carbocycles. The first-order valence-corrected chi connectivity index (χ1v) is 8.78. The second kappa shape index (κ2) is 6.56. The van der Waals surface area contributed by atoms with Gasteiger partial charge in [0.05, 0.1) is 17.9 Å². The van der Waals surface area contributed by atoms with Gasteiger partial charge >= 0.3 is 0 Å². The zero-order chi connectivity index (χ0) is 17.2. The Kier molecular flexibility index (Phi) is 4.10. The molecular formula is C17H16N4O3S. The molecule has 128 valence electrons. The summed E-state index contributed by atoms with van der Waals surface area (Å²) in [6, 6.07) is 7.34. The lowest BCUT2D eigenvalue weighted by Crippen LogP contribution is -2.41. The Morgan fingerprint density at radius 2 is 2.24 bits per heavy atom. The monoisotopic (exact) mass is 356 g/mol. The molecule has 2 amide bonds. The molecule has 7 nitrogen and oxygen atoms in total. The van der Waals surface area contributed by atoms with Crippen molar-refractivity contribution in [2.45, 2.75) is 13.0 Å². The lowest BCUT2D eigenvalue weighted by Gasteiger charge is -2.29. The minimum Gasteiger partial charge on any atom is -0.482 e. The van der Waals surface area contributed by atoms with Crippen LogP contribution in [0.4, 0.5) is 5.69 Å². The van der Waals surface area contributed by atoms with Gasteiger partial charge in [0.2, 0.25) is 5.91 Å². The van der Waals surface area contributed by atoms with Gasteiger partial charge in [-0.25, -0.2) is 4.98 Å². The molecule has 0 aliphatic carbocycles. The summed E-state index contributed by atoms with van der Waals surface area (Å²) in [7, 11) is 0. The number of rotatable bonds is 5. The summed E-state index contributed by atoms with van der Waals surface area (Å²) in [5, 5.41) is 4.81. The van der Waals surface area contributed by atoms with E-state index in [2.05, 4.69) is 10.3 Å². The lowest BCUT2D eigenvalue weighted by molar-refractivity contribution is -0.122. The minimum absolute atomic E-state index is 0.00400. The van der Waals surface area contributed by atoms with Gasteiger partial charge in [-0.3, -0.25) is 14.0 Å². The van der Waals surface area contributed by atoms with Crippen LogP contribution >= 0.6 is 11.3 Å². The molecule has 0 bridgehead atoms. The van der Waals surface area contributed by atoms with Crippen molar-refractivity contribution < 1.29 is 14.3 Å². The molecule has 1 aliphatic heterocycles. The maximum absolute atomic E-state index is 12.1. The van der Waals surface area contributed by atoms with Crippen molar-refractivity contribution in [3.8, 4) is 5.75 Å². The highest BCUT2D eigenvalue weighted by molar-refractivity contribution is 7.15. The maximum Gasteiger partial charge on any atom is 0.265 e. The molecule has 1 N–H and O–H groups in total. The van der Waals surface area contributed by atoms with Gasteiger partial charge in [0.1, 0.15) is 5.75 Å². The fraction of sp³-hybridized carbons (Fsp3) is 0.235. The number of hydrogen-bond donors (Lipinski definition) is 1. The smallest absolute Gasteiger partial charge is 0.265 e. The number of thiazole rings is 1. The highest BCUT2D eigenvalue weighted by atomic mass is 32.1. The van der Waals surface area contributed by atoms with Crippen molar-refractivity contribution in [3.63, 3.8) is 0 Å². The normalized spacial score (nSPS) is 13.6. The van der Waals surface area contributed by atoms with E-state index >= 15 is 0 Å². The first kappa shape index (κ1) is 15.6. The number of ether oxygens (including phenoxy) is 1. The molecule has 4 rings (SSSR count). The number of fused-ring (bicyclic) bond motifs is 2. The van der Waals surface area contributed by atoms with E-state index in [1.165, 1.54) is 0 Å². The van der Waals surface area contributed by atoms with E-state index in [4.69, 9.17) is 4.74 Å². The van der Waals surface area contributed by atoms with E-state index < -0.39 is 0 Å². The van der Waals surface area contributed by atoms with E-state index in [0.717, 1.165) is 10.7 Å². The van der Waals surface area contributed by atoms with E-state index in [1.54, 1.807) is 16.2 Å². The Balaban J connectivity index is 1.34. The summed E-state index contributed by atoms with van der Waals surface area (Å²) in [4.78, 5) is 31.1. The number of nitrogens with one attached hydrogen (secondary N) is 1. The molecule has 3 aromatic rings. The number of imidazole rings is 1. The highest BCUT2D eigenvalue weighted by Gasteiger charge is 2.25. The van der Waals surface area contributed by atoms with Crippen LogP contribution in [0.1, 0.15) is 12.1 Å². The van der Waals surface area contributed by atoms with Crippen molar-refractivity contribution in [2.75, 3.05) is 18.1 Å². The zero-order valence-corrected chi connectivity index (χ0v) is 14.2. The Labute approximate surface area is 147 Å². The number of anilines is 1. The molecule has 0 spiro atoms. The first-order valence-electron chi connectivity index (χ1n) is 7.91. The van der Waals surface area contributed by atoms with Crippen LogP contribution in [0.25, 0.3) is 4.96 Å². The van der Waals surface area contributed by atoms with Crippen molar-refractivity contribution in [1.29, 1.82) is 0 Å². The number of benzene rings is 1. The van der Waals surface area contributed by atoms with Gasteiger partial charge in [-0.15, -0.1) is 11.3 Å². The zero-order valence-electron chi connectivity index (χ0n) is 13.3. The van der Waals surface area contributed by atoms with Crippen LogP contribution in [0.2, 0.25) is 0 Å². The van der Waals surface area contributed by atoms with Gasteiger partial charge in [0, 0.05) is 30.7 Å². The van der Waals surface area contributed by atoms with Gasteiger partial charge in [-0.1, -0.05) is 12.1 Å². The Hall–Kier alpha value is -2.87. The second-order valence-electron chi connectivity index (χ2n) is 5.65. The highest BCUT2D eigenvalue weighted by Crippen LogP contribution is 2.31. The van der Waals surface area contributed by atoms with Crippen LogP contribution in [0, 0.1) is 0 Å². The Morgan fingerprint density at radius 3 is 3.12 bits per heavy atom.